The second kappa shape index (κ2) is 28.5. The molecule has 0 unspecified atom stereocenters. The van der Waals surface area contributed by atoms with Crippen molar-refractivity contribution in [1.82, 2.24) is 40.8 Å². The Hall–Kier alpha value is -7.76. The van der Waals surface area contributed by atoms with Crippen LogP contribution in [0.2, 0.25) is 0 Å². The molecule has 0 aliphatic carbocycles. The molecule has 4 amide bonds. The van der Waals surface area contributed by atoms with Gasteiger partial charge >= 0.3 is 24.0 Å². The average Bonchev–Trinajstić information content (AvgIpc) is 3.76. The molecule has 0 radical (unpaired) electrons. The van der Waals surface area contributed by atoms with E-state index in [4.69, 9.17) is 14.9 Å². The van der Waals surface area contributed by atoms with Crippen LogP contribution in [0.3, 0.4) is 0 Å². The third-order valence-corrected chi connectivity index (χ3v) is 10.3. The highest BCUT2D eigenvalue weighted by Crippen LogP contribution is 2.24. The average molecular weight is 981 g/mol. The number of aliphatic hydroxyl groups is 1. The largest absolute Gasteiger partial charge is 0.481 e. The first-order valence-electron chi connectivity index (χ1n) is 22.3. The Morgan fingerprint density at radius 1 is 0.729 bits per heavy atom. The van der Waals surface area contributed by atoms with E-state index in [0.717, 1.165) is 17.6 Å². The Morgan fingerprint density at radius 3 is 1.86 bits per heavy atom. The minimum absolute atomic E-state index is 0.0358. The molecule has 0 aliphatic rings. The van der Waals surface area contributed by atoms with Crippen molar-refractivity contribution in [2.45, 2.75) is 116 Å². The van der Waals surface area contributed by atoms with Gasteiger partial charge in [0, 0.05) is 19.0 Å². The summed E-state index contributed by atoms with van der Waals surface area (Å²) in [4.78, 5) is 110. The number of hydrogen-bond donors (Lipinski definition) is 10. The maximum Gasteiger partial charge on any atom is 0.408 e. The van der Waals surface area contributed by atoms with Gasteiger partial charge in [-0.05, 0) is 43.7 Å². The summed E-state index contributed by atoms with van der Waals surface area (Å²) in [6.07, 6.45) is -1.63. The third-order valence-electron chi connectivity index (χ3n) is 10.3. The van der Waals surface area contributed by atoms with Gasteiger partial charge in [-0.1, -0.05) is 81.4 Å². The fourth-order valence-corrected chi connectivity index (χ4v) is 6.39. The molecule has 0 aliphatic heterocycles. The number of aliphatic hydroxyl groups excluding tert-OH is 1. The van der Waals surface area contributed by atoms with Crippen molar-refractivity contribution in [1.29, 1.82) is 0 Å². The molecule has 2 aromatic heterocycles. The molecule has 70 heavy (non-hydrogen) atoms. The highest BCUT2D eigenvalue weighted by atomic mass is 19.1. The quantitative estimate of drug-likeness (QED) is 0.0410. The number of halogens is 1. The summed E-state index contributed by atoms with van der Waals surface area (Å²) in [7, 11) is 0. The number of benzene rings is 2. The zero-order chi connectivity index (χ0) is 51.9. The monoisotopic (exact) mass is 980 g/mol. The van der Waals surface area contributed by atoms with Crippen LogP contribution in [0.4, 0.5) is 21.0 Å². The molecule has 0 bridgehead atoms. The van der Waals surface area contributed by atoms with E-state index in [1.54, 1.807) is 36.7 Å². The second-order valence-corrected chi connectivity index (χ2v) is 16.4. The molecular weight excluding hydrogens is 920 g/mol. The van der Waals surface area contributed by atoms with Crippen molar-refractivity contribution < 1.29 is 67.9 Å². The lowest BCUT2D eigenvalue weighted by molar-refractivity contribution is -0.142. The summed E-state index contributed by atoms with van der Waals surface area (Å²) in [5, 5.41) is 52.0. The molecule has 4 rings (SSSR count). The fourth-order valence-electron chi connectivity index (χ4n) is 6.39. The minimum Gasteiger partial charge on any atom is -0.481 e. The van der Waals surface area contributed by atoms with Crippen molar-refractivity contribution in [3.05, 3.63) is 78.1 Å². The SMILES string of the molecule is CC(C)[C@H](NC(=O)[C@H](CCC(=O)O)NC(=O)[C@H](CC(=O)O)NC(=O)OCc1ccccc1)C(=O)N[C@@H](CC(=O)O)C(=O)CF.CC[C@H](CO)Nc1nc(NCc2ccccc2)c2ncn(C(C)C)c2n1. The number of hydrogen-bond acceptors (Lipinski definition) is 15. The number of Topliss-reactive ketones (excluding diaryl/α,β-unsaturated/α-hetero) is 1. The van der Waals surface area contributed by atoms with Crippen LogP contribution in [0.15, 0.2) is 67.0 Å². The van der Waals surface area contributed by atoms with Gasteiger partial charge < -0.3 is 61.6 Å². The zero-order valence-electron chi connectivity index (χ0n) is 39.4. The predicted octanol–water partition coefficient (Wildman–Crippen LogP) is 2.95. The topological polar surface area (TPSA) is 342 Å². The summed E-state index contributed by atoms with van der Waals surface area (Å²) in [6.45, 7) is 8.04. The van der Waals surface area contributed by atoms with Gasteiger partial charge in [0.25, 0.3) is 0 Å². The van der Waals surface area contributed by atoms with E-state index < -0.39 is 110 Å². The number of fused-ring (bicyclic) bond motifs is 1. The molecule has 10 N–H and O–H groups in total. The number of carboxylic acid groups (broad SMARTS) is 3. The lowest BCUT2D eigenvalue weighted by Gasteiger charge is -2.27. The van der Waals surface area contributed by atoms with Crippen molar-refractivity contribution in [3.63, 3.8) is 0 Å². The number of nitrogens with one attached hydrogen (secondary N) is 6. The molecule has 0 saturated heterocycles. The number of carboxylic acids is 3. The highest BCUT2D eigenvalue weighted by Gasteiger charge is 2.34. The van der Waals surface area contributed by atoms with E-state index in [1.807, 2.05) is 29.7 Å². The summed E-state index contributed by atoms with van der Waals surface area (Å²) >= 11 is 0. The van der Waals surface area contributed by atoms with E-state index in [2.05, 4.69) is 72.8 Å². The molecule has 0 saturated carbocycles. The number of rotatable bonds is 27. The summed E-state index contributed by atoms with van der Waals surface area (Å²) in [5.41, 5.74) is 3.29. The van der Waals surface area contributed by atoms with Gasteiger partial charge in [0.05, 0.1) is 31.8 Å². The van der Waals surface area contributed by atoms with E-state index >= 15 is 0 Å². The maximum atomic E-state index is 13.1. The van der Waals surface area contributed by atoms with Crippen LogP contribution < -0.4 is 31.9 Å². The van der Waals surface area contributed by atoms with E-state index in [-0.39, 0.29) is 25.3 Å². The highest BCUT2D eigenvalue weighted by molar-refractivity contribution is 5.97. The van der Waals surface area contributed by atoms with Crippen LogP contribution in [-0.4, -0.2) is 131 Å². The molecule has 2 aromatic carbocycles. The fraction of sp³-hybridized carbons (Fsp3) is 0.457. The van der Waals surface area contributed by atoms with E-state index in [1.165, 1.54) is 19.4 Å². The van der Waals surface area contributed by atoms with Gasteiger partial charge in [0.15, 0.2) is 22.8 Å². The Bertz CT molecular complexity index is 2380. The van der Waals surface area contributed by atoms with Gasteiger partial charge in [0.1, 0.15) is 37.4 Å². The van der Waals surface area contributed by atoms with Crippen LogP contribution in [0.1, 0.15) is 83.9 Å². The van der Waals surface area contributed by atoms with Gasteiger partial charge in [-0.15, -0.1) is 0 Å². The van der Waals surface area contributed by atoms with Gasteiger partial charge in [0.2, 0.25) is 23.7 Å². The predicted molar refractivity (Wildman–Crippen MR) is 251 cm³/mol. The molecule has 0 fully saturated rings. The Labute approximate surface area is 402 Å². The number of ketones is 1. The first-order valence-corrected chi connectivity index (χ1v) is 22.3. The number of carbonyl (C=O) groups excluding carboxylic acids is 5. The molecule has 4 aromatic rings. The van der Waals surface area contributed by atoms with Crippen LogP contribution in [-0.2, 0) is 51.5 Å². The molecule has 2 heterocycles. The van der Waals surface area contributed by atoms with E-state index in [9.17, 15) is 53.0 Å². The second-order valence-electron chi connectivity index (χ2n) is 16.4. The van der Waals surface area contributed by atoms with Crippen LogP contribution in [0.5, 0.6) is 0 Å². The van der Waals surface area contributed by atoms with Crippen molar-refractivity contribution in [3.8, 4) is 0 Å². The molecule has 24 heteroatoms. The lowest BCUT2D eigenvalue weighted by atomic mass is 10.0. The van der Waals surface area contributed by atoms with E-state index in [0.29, 0.717) is 23.9 Å². The molecule has 23 nitrogen and oxygen atoms in total. The number of alkyl halides is 1. The van der Waals surface area contributed by atoms with Crippen molar-refractivity contribution >= 4 is 70.4 Å². The smallest absolute Gasteiger partial charge is 0.408 e. The normalized spacial score (nSPS) is 13.0. The first-order chi connectivity index (χ1) is 33.3. The third kappa shape index (κ3) is 18.7. The van der Waals surface area contributed by atoms with Crippen LogP contribution in [0.25, 0.3) is 11.2 Å². The van der Waals surface area contributed by atoms with Gasteiger partial charge in [-0.3, -0.25) is 33.6 Å². The van der Waals surface area contributed by atoms with Crippen molar-refractivity contribution in [2.24, 2.45) is 5.92 Å². The first kappa shape index (κ1) is 56.6. The Balaban J connectivity index is 0.000000419. The molecule has 380 valence electrons. The summed E-state index contributed by atoms with van der Waals surface area (Å²) in [6, 6.07) is 12.1. The maximum absolute atomic E-state index is 13.1. The molecule has 5 atom stereocenters. The van der Waals surface area contributed by atoms with Gasteiger partial charge in [-0.2, -0.15) is 9.97 Å². The number of nitrogens with zero attached hydrogens (tertiary/aromatic N) is 4. The summed E-state index contributed by atoms with van der Waals surface area (Å²) in [5.74, 6) is -8.46. The Kier molecular flexibility index (Phi) is 23.1. The number of aromatic nitrogens is 4. The Morgan fingerprint density at radius 2 is 1.31 bits per heavy atom. The number of ether oxygens (including phenoxy) is 1. The number of anilines is 2. The zero-order valence-corrected chi connectivity index (χ0v) is 39.4. The standard InChI is InChI=1S/C27H35FN4O12.C19H26N6O/c1-14(2)23(26(42)30-17(10-21(36)37)19(33)12-28)32-24(40)16(8-9-20(34)35)29-25(41)18(11-22(38)39)31-27(43)44-13-15-6-4-3-5-7-15;1-4-15(11-26)22-19-23-17(20-10-14-8-6-5-7-9-14)16-18(24-19)25(12-21-16)13(2)3/h3-7,14,16-18,23H,8-13H2,1-2H3,(H,29,41)(H,30,42)(H,31,43)(H,32,40)(H,34,35)(H,36,37)(H,38,39);5-9,12-13,15,26H,4,10-11H2,1-3H3,(H2,20,22,23,24)/t16-,17-,18-,23-;15-/m01/s1. The molecular formula is C46H61FN10O13. The number of carbonyl (C=O) groups is 8. The number of amides is 4. The van der Waals surface area contributed by atoms with Crippen molar-refractivity contribution in [2.75, 3.05) is 23.9 Å². The number of alkyl carbamates (subject to hydrolysis) is 1. The number of imidazole rings is 1. The number of aliphatic carboxylic acids is 3. The van der Waals surface area contributed by atoms with Gasteiger partial charge in [-0.25, -0.2) is 14.2 Å². The lowest BCUT2D eigenvalue weighted by Crippen LogP contribution is -2.59. The van der Waals surface area contributed by atoms with Crippen LogP contribution in [0, 0.1) is 5.92 Å². The molecule has 0 spiro atoms. The van der Waals surface area contributed by atoms with Crippen LogP contribution >= 0.6 is 0 Å². The summed E-state index contributed by atoms with van der Waals surface area (Å²) < 4.78 is 19.9. The minimum atomic E-state index is -1.76.